The lowest BCUT2D eigenvalue weighted by Gasteiger charge is -2.35. The third-order valence-electron chi connectivity index (χ3n) is 3.27. The first-order valence-electron chi connectivity index (χ1n) is 6.97. The predicted octanol–water partition coefficient (Wildman–Crippen LogP) is 2.41. The number of benzene rings is 1. The quantitative estimate of drug-likeness (QED) is 0.799. The molecule has 1 fully saturated rings. The molecule has 1 aromatic rings. The normalized spacial score (nSPS) is 16.5. The summed E-state index contributed by atoms with van der Waals surface area (Å²) in [4.78, 5) is 16.0. The van der Waals surface area contributed by atoms with Crippen molar-refractivity contribution in [2.75, 3.05) is 37.6 Å². The number of carbonyl (C=O) groups is 1. The minimum absolute atomic E-state index is 0.0461. The molecule has 4 nitrogen and oxygen atoms in total. The molecule has 0 bridgehead atoms. The third kappa shape index (κ3) is 4.39. The molecule has 0 atom stereocenters. The average molecular weight is 297 g/mol. The van der Waals surface area contributed by atoms with E-state index in [2.05, 4.69) is 15.9 Å². The second-order valence-corrected chi connectivity index (χ2v) is 5.72. The lowest BCUT2D eigenvalue weighted by molar-refractivity contribution is -0.148. The van der Waals surface area contributed by atoms with Gasteiger partial charge in [0.25, 0.3) is 0 Å². The van der Waals surface area contributed by atoms with Crippen molar-refractivity contribution in [1.82, 2.24) is 4.90 Å². The van der Waals surface area contributed by atoms with Gasteiger partial charge < -0.3 is 9.64 Å². The van der Waals surface area contributed by atoms with Crippen LogP contribution in [0.2, 0.25) is 5.02 Å². The Morgan fingerprint density at radius 3 is 2.60 bits per heavy atom. The Kier molecular flexibility index (Phi) is 5.26. The van der Waals surface area contributed by atoms with Crippen molar-refractivity contribution in [3.63, 3.8) is 0 Å². The van der Waals surface area contributed by atoms with Gasteiger partial charge in [-0.1, -0.05) is 17.7 Å². The fourth-order valence-corrected chi connectivity index (χ4v) is 2.50. The number of esters is 1. The Balaban J connectivity index is 1.82. The van der Waals surface area contributed by atoms with Gasteiger partial charge in [-0.3, -0.25) is 9.69 Å². The number of rotatable bonds is 4. The van der Waals surface area contributed by atoms with Crippen molar-refractivity contribution < 1.29 is 9.53 Å². The molecule has 1 heterocycles. The van der Waals surface area contributed by atoms with Crippen LogP contribution in [0.15, 0.2) is 24.3 Å². The van der Waals surface area contributed by atoms with Gasteiger partial charge in [-0.2, -0.15) is 0 Å². The van der Waals surface area contributed by atoms with Crippen LogP contribution in [0.4, 0.5) is 5.69 Å². The van der Waals surface area contributed by atoms with Gasteiger partial charge in [0.1, 0.15) is 0 Å². The molecule has 1 aromatic carbocycles. The van der Waals surface area contributed by atoms with Gasteiger partial charge in [-0.05, 0) is 32.0 Å². The van der Waals surface area contributed by atoms with Gasteiger partial charge in [0, 0.05) is 36.9 Å². The van der Waals surface area contributed by atoms with Crippen molar-refractivity contribution in [2.24, 2.45) is 0 Å². The maximum atomic E-state index is 11.6. The van der Waals surface area contributed by atoms with E-state index in [1.165, 1.54) is 0 Å². The van der Waals surface area contributed by atoms with E-state index in [9.17, 15) is 4.79 Å². The molecule has 0 aromatic heterocycles. The Hall–Kier alpha value is -1.26. The molecule has 0 radical (unpaired) electrons. The highest BCUT2D eigenvalue weighted by atomic mass is 35.5. The maximum absolute atomic E-state index is 11.6. The smallest absolute Gasteiger partial charge is 0.320 e. The molecule has 2 rings (SSSR count). The SMILES string of the molecule is CC(C)OC(=O)CN1CCN(c2cccc(Cl)c2)CC1. The minimum Gasteiger partial charge on any atom is -0.462 e. The summed E-state index contributed by atoms with van der Waals surface area (Å²) < 4.78 is 5.17. The summed E-state index contributed by atoms with van der Waals surface area (Å²) in [5.74, 6) is -0.142. The van der Waals surface area contributed by atoms with Crippen molar-refractivity contribution in [3.05, 3.63) is 29.3 Å². The molecular formula is C15H21ClN2O2. The zero-order valence-corrected chi connectivity index (χ0v) is 12.8. The van der Waals surface area contributed by atoms with Crippen molar-refractivity contribution >= 4 is 23.3 Å². The van der Waals surface area contributed by atoms with Crippen LogP contribution in [-0.4, -0.2) is 49.7 Å². The molecule has 20 heavy (non-hydrogen) atoms. The Morgan fingerprint density at radius 1 is 1.30 bits per heavy atom. The summed E-state index contributed by atoms with van der Waals surface area (Å²) in [5.41, 5.74) is 1.14. The molecular weight excluding hydrogens is 276 g/mol. The van der Waals surface area contributed by atoms with Crippen molar-refractivity contribution in [1.29, 1.82) is 0 Å². The number of ether oxygens (including phenoxy) is 1. The molecule has 110 valence electrons. The third-order valence-corrected chi connectivity index (χ3v) is 3.50. The van der Waals surface area contributed by atoms with Crippen molar-refractivity contribution in [2.45, 2.75) is 20.0 Å². The lowest BCUT2D eigenvalue weighted by Crippen LogP contribution is -2.48. The minimum atomic E-state index is -0.142. The first-order valence-corrected chi connectivity index (χ1v) is 7.35. The van der Waals surface area contributed by atoms with Gasteiger partial charge >= 0.3 is 5.97 Å². The molecule has 5 heteroatoms. The van der Waals surface area contributed by atoms with Gasteiger partial charge in [-0.25, -0.2) is 0 Å². The number of anilines is 1. The van der Waals surface area contributed by atoms with Gasteiger partial charge in [0.05, 0.1) is 12.6 Å². The number of nitrogens with zero attached hydrogens (tertiary/aromatic N) is 2. The lowest BCUT2D eigenvalue weighted by atomic mass is 10.2. The molecule has 0 aliphatic carbocycles. The Bertz CT molecular complexity index is 457. The second-order valence-electron chi connectivity index (χ2n) is 5.28. The Morgan fingerprint density at radius 2 is 2.00 bits per heavy atom. The van der Waals surface area contributed by atoms with Crippen LogP contribution in [-0.2, 0) is 9.53 Å². The summed E-state index contributed by atoms with van der Waals surface area (Å²) >= 11 is 6.01. The van der Waals surface area contributed by atoms with Gasteiger partial charge in [-0.15, -0.1) is 0 Å². The number of piperazine rings is 1. The second kappa shape index (κ2) is 6.95. The Labute approximate surface area is 125 Å². The summed E-state index contributed by atoms with van der Waals surface area (Å²) in [6, 6.07) is 7.88. The fourth-order valence-electron chi connectivity index (χ4n) is 2.32. The maximum Gasteiger partial charge on any atom is 0.320 e. The average Bonchev–Trinajstić information content (AvgIpc) is 2.38. The van der Waals surface area contributed by atoms with E-state index in [1.807, 2.05) is 32.0 Å². The van der Waals surface area contributed by atoms with Crippen LogP contribution in [0, 0.1) is 0 Å². The summed E-state index contributed by atoms with van der Waals surface area (Å²) in [6.07, 6.45) is -0.0461. The van der Waals surface area contributed by atoms with Gasteiger partial charge in [0.15, 0.2) is 0 Å². The van der Waals surface area contributed by atoms with Gasteiger partial charge in [0.2, 0.25) is 0 Å². The molecule has 0 spiro atoms. The standard InChI is InChI=1S/C15H21ClN2O2/c1-12(2)20-15(19)11-17-6-8-18(9-7-17)14-5-3-4-13(16)10-14/h3-5,10,12H,6-9,11H2,1-2H3. The molecule has 1 saturated heterocycles. The van der Waals surface area contributed by atoms with Crippen LogP contribution >= 0.6 is 11.6 Å². The number of hydrogen-bond donors (Lipinski definition) is 0. The van der Waals surface area contributed by atoms with E-state index in [0.29, 0.717) is 6.54 Å². The molecule has 1 aliphatic rings. The van der Waals surface area contributed by atoms with E-state index in [1.54, 1.807) is 0 Å². The van der Waals surface area contributed by atoms with Crippen LogP contribution in [0.3, 0.4) is 0 Å². The van der Waals surface area contributed by atoms with Crippen LogP contribution < -0.4 is 4.90 Å². The monoisotopic (exact) mass is 296 g/mol. The zero-order valence-electron chi connectivity index (χ0n) is 12.0. The molecule has 0 saturated carbocycles. The van der Waals surface area contributed by atoms with Crippen LogP contribution in [0.5, 0.6) is 0 Å². The van der Waals surface area contributed by atoms with E-state index < -0.39 is 0 Å². The van der Waals surface area contributed by atoms with Crippen LogP contribution in [0.25, 0.3) is 0 Å². The van der Waals surface area contributed by atoms with E-state index in [4.69, 9.17) is 16.3 Å². The first-order chi connectivity index (χ1) is 9.54. The summed E-state index contributed by atoms with van der Waals surface area (Å²) in [5, 5.41) is 0.755. The molecule has 0 amide bonds. The highest BCUT2D eigenvalue weighted by Gasteiger charge is 2.20. The largest absolute Gasteiger partial charge is 0.462 e. The highest BCUT2D eigenvalue weighted by Crippen LogP contribution is 2.20. The highest BCUT2D eigenvalue weighted by molar-refractivity contribution is 6.30. The van der Waals surface area contributed by atoms with E-state index in [-0.39, 0.29) is 12.1 Å². The van der Waals surface area contributed by atoms with E-state index in [0.717, 1.165) is 36.9 Å². The zero-order chi connectivity index (χ0) is 14.5. The topological polar surface area (TPSA) is 32.8 Å². The van der Waals surface area contributed by atoms with E-state index >= 15 is 0 Å². The summed E-state index contributed by atoms with van der Waals surface area (Å²) in [7, 11) is 0. The van der Waals surface area contributed by atoms with Crippen molar-refractivity contribution in [3.8, 4) is 0 Å². The molecule has 0 N–H and O–H groups in total. The first kappa shape index (κ1) is 15.1. The molecule has 0 unspecified atom stereocenters. The number of hydrogen-bond acceptors (Lipinski definition) is 4. The number of carbonyl (C=O) groups excluding carboxylic acids is 1. The predicted molar refractivity (Wildman–Crippen MR) is 81.3 cm³/mol. The summed E-state index contributed by atoms with van der Waals surface area (Å²) in [6.45, 7) is 7.63. The number of halogens is 1. The van der Waals surface area contributed by atoms with Crippen LogP contribution in [0.1, 0.15) is 13.8 Å². The fraction of sp³-hybridized carbons (Fsp3) is 0.533. The molecule has 1 aliphatic heterocycles.